The Morgan fingerprint density at radius 3 is 2.92 bits per heavy atom. The van der Waals surface area contributed by atoms with Gasteiger partial charge in [0.05, 0.1) is 5.92 Å². The minimum Gasteiger partial charge on any atom is -0.484 e. The Morgan fingerprint density at radius 2 is 2.21 bits per heavy atom. The van der Waals surface area contributed by atoms with Crippen molar-refractivity contribution in [1.82, 2.24) is 4.98 Å². The fourth-order valence-corrected chi connectivity index (χ4v) is 2.35. The fraction of sp³-hybridized carbons (Fsp3) is 0.176. The molecule has 3 rings (SSSR count). The molecule has 0 fully saturated rings. The number of rotatable bonds is 5. The lowest BCUT2D eigenvalue weighted by atomic mass is 10.0. The number of hydrogen-bond acceptors (Lipinski definition) is 4. The molecular weight excluding hydrogens is 318 g/mol. The highest BCUT2D eigenvalue weighted by molar-refractivity contribution is 5.93. The number of oxazole rings is 1. The Kier molecular flexibility index (Phi) is 4.41. The molecule has 0 radical (unpaired) electrons. The van der Waals surface area contributed by atoms with Gasteiger partial charge in [-0.15, -0.1) is 0 Å². The smallest absolute Gasteiger partial charge is 0.254 e. The monoisotopic (exact) mass is 332 g/mol. The number of benzene rings is 1. The lowest BCUT2D eigenvalue weighted by Crippen LogP contribution is -2.16. The zero-order chi connectivity index (χ0) is 17.1. The first-order chi connectivity index (χ1) is 11.6. The lowest BCUT2D eigenvalue weighted by Gasteiger charge is -2.09. The zero-order valence-electron chi connectivity index (χ0n) is 12.5. The molecule has 124 valence electrons. The number of nitrogens with zero attached hydrogens (tertiary/aromatic N) is 1. The van der Waals surface area contributed by atoms with Crippen LogP contribution in [0.25, 0.3) is 0 Å². The van der Waals surface area contributed by atoms with Gasteiger partial charge in [0.25, 0.3) is 5.91 Å². The number of carbonyl (C=O) groups is 1. The van der Waals surface area contributed by atoms with Gasteiger partial charge in [-0.05, 0) is 18.6 Å². The van der Waals surface area contributed by atoms with Crippen molar-refractivity contribution in [1.29, 1.82) is 0 Å². The van der Waals surface area contributed by atoms with Crippen LogP contribution in [0.2, 0.25) is 0 Å². The highest BCUT2D eigenvalue weighted by Crippen LogP contribution is 2.26. The van der Waals surface area contributed by atoms with Crippen molar-refractivity contribution in [3.63, 3.8) is 0 Å². The van der Waals surface area contributed by atoms with Gasteiger partial charge in [-0.3, -0.25) is 4.79 Å². The number of amides is 1. The average molecular weight is 332 g/mol. The summed E-state index contributed by atoms with van der Waals surface area (Å²) >= 11 is 0. The fourth-order valence-electron chi connectivity index (χ4n) is 2.35. The Labute approximate surface area is 136 Å². The van der Waals surface area contributed by atoms with Crippen LogP contribution in [-0.2, 0) is 6.61 Å². The molecule has 1 amide bonds. The van der Waals surface area contributed by atoms with Crippen LogP contribution in [-0.4, -0.2) is 10.9 Å². The summed E-state index contributed by atoms with van der Waals surface area (Å²) in [4.78, 5) is 15.4. The first-order valence-corrected chi connectivity index (χ1v) is 7.24. The van der Waals surface area contributed by atoms with E-state index < -0.39 is 23.1 Å². The number of aromatic nitrogens is 1. The van der Waals surface area contributed by atoms with Gasteiger partial charge < -0.3 is 14.9 Å². The molecule has 5 nitrogen and oxygen atoms in total. The van der Waals surface area contributed by atoms with Crippen molar-refractivity contribution in [2.75, 3.05) is 0 Å². The molecule has 0 saturated carbocycles. The third-order valence-corrected chi connectivity index (χ3v) is 3.54. The number of primary amides is 1. The van der Waals surface area contributed by atoms with E-state index in [1.54, 1.807) is 0 Å². The molecule has 1 aliphatic rings. The second-order valence-electron chi connectivity index (χ2n) is 5.22. The van der Waals surface area contributed by atoms with E-state index >= 15 is 0 Å². The van der Waals surface area contributed by atoms with Crippen molar-refractivity contribution >= 4 is 5.91 Å². The molecule has 2 N–H and O–H groups in total. The Bertz CT molecular complexity index is 827. The second kappa shape index (κ2) is 6.66. The summed E-state index contributed by atoms with van der Waals surface area (Å²) in [5.74, 6) is -3.06. The van der Waals surface area contributed by atoms with Crippen LogP contribution in [0.4, 0.5) is 8.78 Å². The summed E-state index contributed by atoms with van der Waals surface area (Å²) < 4.78 is 38.1. The molecule has 1 aromatic heterocycles. The van der Waals surface area contributed by atoms with Gasteiger partial charge in [-0.2, -0.15) is 0 Å². The minimum absolute atomic E-state index is 0.0489. The molecule has 1 aliphatic carbocycles. The van der Waals surface area contributed by atoms with Crippen LogP contribution in [0.3, 0.4) is 0 Å². The summed E-state index contributed by atoms with van der Waals surface area (Å²) in [6.07, 6.45) is 10.0. The van der Waals surface area contributed by atoms with E-state index in [0.717, 1.165) is 18.6 Å². The maximum absolute atomic E-state index is 14.1. The molecule has 1 heterocycles. The predicted octanol–water partition coefficient (Wildman–Crippen LogP) is 3.23. The Morgan fingerprint density at radius 1 is 1.38 bits per heavy atom. The minimum atomic E-state index is -1.20. The SMILES string of the molecule is NC(=O)c1c(F)ccc(OCc2coc(C3C=CC=CC3)n2)c1F. The third-order valence-electron chi connectivity index (χ3n) is 3.54. The van der Waals surface area contributed by atoms with Gasteiger partial charge in [-0.1, -0.05) is 24.3 Å². The third kappa shape index (κ3) is 3.19. The predicted molar refractivity (Wildman–Crippen MR) is 81.3 cm³/mol. The van der Waals surface area contributed by atoms with Gasteiger partial charge in [-0.25, -0.2) is 13.8 Å². The Hall–Kier alpha value is -2.96. The van der Waals surface area contributed by atoms with Crippen molar-refractivity contribution < 1.29 is 22.7 Å². The van der Waals surface area contributed by atoms with Crippen LogP contribution in [0.1, 0.15) is 34.3 Å². The van der Waals surface area contributed by atoms with Crippen LogP contribution in [0.15, 0.2) is 47.1 Å². The maximum atomic E-state index is 14.1. The highest BCUT2D eigenvalue weighted by atomic mass is 19.1. The van der Waals surface area contributed by atoms with E-state index in [1.165, 1.54) is 6.26 Å². The van der Waals surface area contributed by atoms with Crippen molar-refractivity contribution in [3.05, 3.63) is 71.5 Å². The molecule has 7 heteroatoms. The van der Waals surface area contributed by atoms with E-state index in [2.05, 4.69) is 4.98 Å². The van der Waals surface area contributed by atoms with E-state index in [-0.39, 0.29) is 18.3 Å². The highest BCUT2D eigenvalue weighted by Gasteiger charge is 2.20. The number of nitrogens with two attached hydrogens (primary N) is 1. The molecule has 1 aromatic carbocycles. The quantitative estimate of drug-likeness (QED) is 0.912. The number of halogens is 2. The first-order valence-electron chi connectivity index (χ1n) is 7.24. The number of hydrogen-bond donors (Lipinski definition) is 1. The average Bonchev–Trinajstić information content (AvgIpc) is 3.04. The van der Waals surface area contributed by atoms with Gasteiger partial charge in [0.15, 0.2) is 11.6 Å². The normalized spacial score (nSPS) is 16.3. The van der Waals surface area contributed by atoms with E-state index in [4.69, 9.17) is 14.9 Å². The molecule has 1 unspecified atom stereocenters. The molecule has 0 bridgehead atoms. The van der Waals surface area contributed by atoms with E-state index in [9.17, 15) is 13.6 Å². The van der Waals surface area contributed by atoms with Gasteiger partial charge in [0, 0.05) is 0 Å². The van der Waals surface area contributed by atoms with Crippen LogP contribution in [0.5, 0.6) is 5.75 Å². The summed E-state index contributed by atoms with van der Waals surface area (Å²) in [5.41, 5.74) is 4.59. The van der Waals surface area contributed by atoms with E-state index in [1.807, 2.05) is 24.3 Å². The van der Waals surface area contributed by atoms with Crippen LogP contribution in [0, 0.1) is 11.6 Å². The zero-order valence-corrected chi connectivity index (χ0v) is 12.5. The van der Waals surface area contributed by atoms with E-state index in [0.29, 0.717) is 11.6 Å². The van der Waals surface area contributed by atoms with Crippen LogP contribution < -0.4 is 10.5 Å². The lowest BCUT2D eigenvalue weighted by molar-refractivity contribution is 0.0991. The van der Waals surface area contributed by atoms with Gasteiger partial charge >= 0.3 is 0 Å². The number of ether oxygens (including phenoxy) is 1. The largest absolute Gasteiger partial charge is 0.484 e. The molecule has 1 atom stereocenters. The Balaban J connectivity index is 1.71. The molecular formula is C17H14F2N2O3. The number of allylic oxidation sites excluding steroid dienone is 4. The molecule has 0 spiro atoms. The van der Waals surface area contributed by atoms with Crippen molar-refractivity contribution in [2.45, 2.75) is 18.9 Å². The summed E-state index contributed by atoms with van der Waals surface area (Å²) in [7, 11) is 0. The second-order valence-corrected chi connectivity index (χ2v) is 5.22. The van der Waals surface area contributed by atoms with Crippen LogP contribution >= 0.6 is 0 Å². The summed E-state index contributed by atoms with van der Waals surface area (Å²) in [6, 6.07) is 2.01. The van der Waals surface area contributed by atoms with Crippen molar-refractivity contribution in [3.8, 4) is 5.75 Å². The summed E-state index contributed by atoms with van der Waals surface area (Å²) in [5, 5.41) is 0. The number of carbonyl (C=O) groups excluding carboxylic acids is 1. The van der Waals surface area contributed by atoms with Gasteiger partial charge in [0.1, 0.15) is 29.9 Å². The standard InChI is InChI=1S/C17H14F2N2O3/c18-12-6-7-13(15(19)14(12)16(20)22)23-8-11-9-24-17(21-11)10-4-2-1-3-5-10/h1-4,6-7,9-10H,5,8H2,(H2,20,22). The summed E-state index contributed by atoms with van der Waals surface area (Å²) in [6.45, 7) is -0.0868. The maximum Gasteiger partial charge on any atom is 0.254 e. The molecule has 0 aliphatic heterocycles. The molecule has 24 heavy (non-hydrogen) atoms. The van der Waals surface area contributed by atoms with Crippen molar-refractivity contribution in [2.24, 2.45) is 5.73 Å². The molecule has 2 aromatic rings. The van der Waals surface area contributed by atoms with Gasteiger partial charge in [0.2, 0.25) is 5.89 Å². The topological polar surface area (TPSA) is 78.4 Å². The first kappa shape index (κ1) is 15.9. The molecule has 0 saturated heterocycles.